The van der Waals surface area contributed by atoms with E-state index in [9.17, 15) is 4.79 Å². The molecule has 0 spiro atoms. The predicted octanol–water partition coefficient (Wildman–Crippen LogP) is 2.07. The summed E-state index contributed by atoms with van der Waals surface area (Å²) in [4.78, 5) is 11.4. The van der Waals surface area contributed by atoms with Gasteiger partial charge in [-0.3, -0.25) is 4.79 Å². The second-order valence-electron chi connectivity index (χ2n) is 4.30. The molecule has 0 aliphatic carbocycles. The first kappa shape index (κ1) is 14.4. The summed E-state index contributed by atoms with van der Waals surface area (Å²) in [6.45, 7) is 8.85. The fraction of sp³-hybridized carbons (Fsp3) is 0.917. The zero-order valence-electron chi connectivity index (χ0n) is 10.6. The molecule has 3 nitrogen and oxygen atoms in total. The Morgan fingerprint density at radius 1 is 1.20 bits per heavy atom. The summed E-state index contributed by atoms with van der Waals surface area (Å²) in [5.74, 6) is 0.104. The average Bonchev–Trinajstić information content (AvgIpc) is 2.23. The van der Waals surface area contributed by atoms with Crippen molar-refractivity contribution < 1.29 is 4.79 Å². The van der Waals surface area contributed by atoms with Gasteiger partial charge in [-0.15, -0.1) is 0 Å². The SMILES string of the molecule is CCCCC(C)NCC(=O)NC(C)CC. The molecule has 0 aromatic carbocycles. The summed E-state index contributed by atoms with van der Waals surface area (Å²) in [5.41, 5.74) is 0. The lowest BCUT2D eigenvalue weighted by Crippen LogP contribution is -2.41. The maximum Gasteiger partial charge on any atom is 0.234 e. The van der Waals surface area contributed by atoms with Crippen LogP contribution in [0.25, 0.3) is 0 Å². The molecule has 0 rings (SSSR count). The third kappa shape index (κ3) is 8.43. The van der Waals surface area contributed by atoms with Gasteiger partial charge < -0.3 is 10.6 Å². The molecule has 2 unspecified atom stereocenters. The normalized spacial score (nSPS) is 14.7. The molecule has 0 radical (unpaired) electrons. The molecule has 0 aromatic heterocycles. The standard InChI is InChI=1S/C12H26N2O/c1-5-7-8-11(4)13-9-12(15)14-10(3)6-2/h10-11,13H,5-9H2,1-4H3,(H,14,15). The molecule has 1 amide bonds. The molecular weight excluding hydrogens is 188 g/mol. The number of carbonyl (C=O) groups excluding carboxylic acids is 1. The smallest absolute Gasteiger partial charge is 0.234 e. The van der Waals surface area contributed by atoms with Crippen LogP contribution in [0.4, 0.5) is 0 Å². The highest BCUT2D eigenvalue weighted by molar-refractivity contribution is 5.78. The van der Waals surface area contributed by atoms with Crippen LogP contribution < -0.4 is 10.6 Å². The summed E-state index contributed by atoms with van der Waals surface area (Å²) in [6, 6.07) is 0.720. The molecule has 0 heterocycles. The van der Waals surface area contributed by atoms with E-state index in [1.165, 1.54) is 12.8 Å². The molecule has 0 aliphatic rings. The molecule has 0 aliphatic heterocycles. The third-order valence-corrected chi connectivity index (χ3v) is 2.62. The minimum Gasteiger partial charge on any atom is -0.353 e. The van der Waals surface area contributed by atoms with Crippen molar-refractivity contribution >= 4 is 5.91 Å². The van der Waals surface area contributed by atoms with Gasteiger partial charge in [0.15, 0.2) is 0 Å². The van der Waals surface area contributed by atoms with Crippen molar-refractivity contribution in [2.75, 3.05) is 6.54 Å². The van der Waals surface area contributed by atoms with Crippen molar-refractivity contribution in [1.29, 1.82) is 0 Å². The highest BCUT2D eigenvalue weighted by atomic mass is 16.1. The molecule has 0 fully saturated rings. The largest absolute Gasteiger partial charge is 0.353 e. The highest BCUT2D eigenvalue weighted by Crippen LogP contribution is 1.98. The van der Waals surface area contributed by atoms with Gasteiger partial charge in [0, 0.05) is 12.1 Å². The first-order valence-corrected chi connectivity index (χ1v) is 6.12. The van der Waals surface area contributed by atoms with Gasteiger partial charge in [0.1, 0.15) is 0 Å². The summed E-state index contributed by atoms with van der Waals surface area (Å²) in [6.07, 6.45) is 4.57. The zero-order chi connectivity index (χ0) is 11.7. The van der Waals surface area contributed by atoms with Crippen LogP contribution >= 0.6 is 0 Å². The molecule has 2 N–H and O–H groups in total. The van der Waals surface area contributed by atoms with Crippen LogP contribution in [-0.4, -0.2) is 24.5 Å². The van der Waals surface area contributed by atoms with E-state index in [1.54, 1.807) is 0 Å². The lowest BCUT2D eigenvalue weighted by molar-refractivity contribution is -0.121. The monoisotopic (exact) mass is 214 g/mol. The third-order valence-electron chi connectivity index (χ3n) is 2.62. The molecule has 0 saturated carbocycles. The van der Waals surface area contributed by atoms with E-state index in [2.05, 4.69) is 31.4 Å². The van der Waals surface area contributed by atoms with Gasteiger partial charge in [0.05, 0.1) is 6.54 Å². The quantitative estimate of drug-likeness (QED) is 0.649. The Labute approximate surface area is 94.0 Å². The lowest BCUT2D eigenvalue weighted by Gasteiger charge is -2.15. The van der Waals surface area contributed by atoms with E-state index in [-0.39, 0.29) is 11.9 Å². The van der Waals surface area contributed by atoms with Crippen molar-refractivity contribution in [3.05, 3.63) is 0 Å². The van der Waals surface area contributed by atoms with E-state index in [4.69, 9.17) is 0 Å². The number of unbranched alkanes of at least 4 members (excludes halogenated alkanes) is 1. The van der Waals surface area contributed by atoms with Crippen LogP contribution in [0.1, 0.15) is 53.4 Å². The van der Waals surface area contributed by atoms with Crippen LogP contribution in [-0.2, 0) is 4.79 Å². The molecule has 0 bridgehead atoms. The minimum absolute atomic E-state index is 0.104. The van der Waals surface area contributed by atoms with E-state index >= 15 is 0 Å². The fourth-order valence-corrected chi connectivity index (χ4v) is 1.31. The van der Waals surface area contributed by atoms with Gasteiger partial charge in [0.25, 0.3) is 0 Å². The second-order valence-corrected chi connectivity index (χ2v) is 4.30. The van der Waals surface area contributed by atoms with Crippen molar-refractivity contribution in [3.8, 4) is 0 Å². The van der Waals surface area contributed by atoms with Gasteiger partial charge >= 0.3 is 0 Å². The van der Waals surface area contributed by atoms with E-state index < -0.39 is 0 Å². The Hall–Kier alpha value is -0.570. The maximum atomic E-state index is 11.4. The molecule has 90 valence electrons. The minimum atomic E-state index is 0.104. The number of rotatable bonds is 8. The predicted molar refractivity (Wildman–Crippen MR) is 64.9 cm³/mol. The molecule has 0 aromatic rings. The summed E-state index contributed by atoms with van der Waals surface area (Å²) in [5, 5.41) is 6.17. The van der Waals surface area contributed by atoms with Gasteiger partial charge in [-0.2, -0.15) is 0 Å². The van der Waals surface area contributed by atoms with Crippen molar-refractivity contribution in [3.63, 3.8) is 0 Å². The fourth-order valence-electron chi connectivity index (χ4n) is 1.31. The molecule has 3 heteroatoms. The molecule has 0 saturated heterocycles. The Kier molecular flexibility index (Phi) is 8.38. The zero-order valence-corrected chi connectivity index (χ0v) is 10.6. The number of carbonyl (C=O) groups is 1. The Balaban J connectivity index is 3.52. The van der Waals surface area contributed by atoms with Crippen LogP contribution in [0.3, 0.4) is 0 Å². The topological polar surface area (TPSA) is 41.1 Å². The Morgan fingerprint density at radius 3 is 2.40 bits per heavy atom. The molecular formula is C12H26N2O. The van der Waals surface area contributed by atoms with Crippen LogP contribution in [0, 0.1) is 0 Å². The van der Waals surface area contributed by atoms with Gasteiger partial charge in [0.2, 0.25) is 5.91 Å². The summed E-state index contributed by atoms with van der Waals surface area (Å²) in [7, 11) is 0. The average molecular weight is 214 g/mol. The number of hydrogen-bond donors (Lipinski definition) is 2. The van der Waals surface area contributed by atoms with E-state index in [0.717, 1.165) is 12.8 Å². The van der Waals surface area contributed by atoms with Crippen molar-refractivity contribution in [2.24, 2.45) is 0 Å². The summed E-state index contributed by atoms with van der Waals surface area (Å²) < 4.78 is 0. The Morgan fingerprint density at radius 2 is 1.87 bits per heavy atom. The van der Waals surface area contributed by atoms with Crippen molar-refractivity contribution in [2.45, 2.75) is 65.5 Å². The van der Waals surface area contributed by atoms with E-state index in [0.29, 0.717) is 12.6 Å². The number of hydrogen-bond acceptors (Lipinski definition) is 2. The Bertz CT molecular complexity index is 171. The van der Waals surface area contributed by atoms with Gasteiger partial charge in [-0.25, -0.2) is 0 Å². The first-order valence-electron chi connectivity index (χ1n) is 6.12. The van der Waals surface area contributed by atoms with Crippen molar-refractivity contribution in [1.82, 2.24) is 10.6 Å². The van der Waals surface area contributed by atoms with Crippen LogP contribution in [0.2, 0.25) is 0 Å². The number of nitrogens with one attached hydrogen (secondary N) is 2. The second kappa shape index (κ2) is 8.72. The first-order chi connectivity index (χ1) is 7.10. The van der Waals surface area contributed by atoms with Crippen LogP contribution in [0.5, 0.6) is 0 Å². The highest BCUT2D eigenvalue weighted by Gasteiger charge is 2.06. The van der Waals surface area contributed by atoms with Gasteiger partial charge in [-0.05, 0) is 26.7 Å². The van der Waals surface area contributed by atoms with E-state index in [1.807, 2.05) is 6.92 Å². The maximum absolute atomic E-state index is 11.4. The molecule has 2 atom stereocenters. The number of amides is 1. The molecule has 15 heavy (non-hydrogen) atoms. The summed E-state index contributed by atoms with van der Waals surface area (Å²) >= 11 is 0. The lowest BCUT2D eigenvalue weighted by atomic mass is 10.1. The van der Waals surface area contributed by atoms with Crippen LogP contribution in [0.15, 0.2) is 0 Å². The van der Waals surface area contributed by atoms with Gasteiger partial charge in [-0.1, -0.05) is 26.7 Å².